The lowest BCUT2D eigenvalue weighted by Crippen LogP contribution is -2.29. The summed E-state index contributed by atoms with van der Waals surface area (Å²) in [6.07, 6.45) is 0.618. The first kappa shape index (κ1) is 15.1. The molecule has 0 aromatic heterocycles. The summed E-state index contributed by atoms with van der Waals surface area (Å²) < 4.78 is 43.5. The minimum absolute atomic E-state index is 0.142. The highest BCUT2D eigenvalue weighted by atomic mass is 32.2. The van der Waals surface area contributed by atoms with Gasteiger partial charge < -0.3 is 4.74 Å². The predicted octanol–water partition coefficient (Wildman–Crippen LogP) is 1.79. The van der Waals surface area contributed by atoms with Crippen LogP contribution in [-0.4, -0.2) is 40.0 Å². The molecule has 0 atom stereocenters. The third kappa shape index (κ3) is 3.51. The molecule has 0 radical (unpaired) electrons. The first-order valence-corrected chi connectivity index (χ1v) is 7.05. The maximum Gasteiger partial charge on any atom is 0.243 e. The molecule has 0 N–H and O–H groups in total. The third-order valence-electron chi connectivity index (χ3n) is 2.65. The highest BCUT2D eigenvalue weighted by Gasteiger charge is 2.22. The molecule has 0 amide bonds. The van der Waals surface area contributed by atoms with Crippen LogP contribution in [0, 0.1) is 12.7 Å². The molecule has 0 aliphatic heterocycles. The van der Waals surface area contributed by atoms with Gasteiger partial charge in [-0.15, -0.1) is 0 Å². The first-order valence-electron chi connectivity index (χ1n) is 5.61. The minimum atomic E-state index is -3.56. The van der Waals surface area contributed by atoms with Gasteiger partial charge in [0.05, 0.1) is 4.90 Å². The maximum atomic E-state index is 13.0. The molecule has 0 unspecified atom stereocenters. The Morgan fingerprint density at radius 2 is 2.06 bits per heavy atom. The number of rotatable bonds is 6. The van der Waals surface area contributed by atoms with Gasteiger partial charge in [0, 0.05) is 27.3 Å². The summed E-state index contributed by atoms with van der Waals surface area (Å²) in [4.78, 5) is 0.142. The van der Waals surface area contributed by atoms with Gasteiger partial charge in [-0.3, -0.25) is 0 Å². The second kappa shape index (κ2) is 6.26. The SMILES string of the molecule is COCCCN(C)S(=O)(=O)c1ccc(F)cc1C. The zero-order chi connectivity index (χ0) is 13.8. The third-order valence-corrected chi connectivity index (χ3v) is 4.66. The van der Waals surface area contributed by atoms with Crippen LogP contribution >= 0.6 is 0 Å². The molecule has 0 aliphatic carbocycles. The number of halogens is 1. The van der Waals surface area contributed by atoms with Crippen LogP contribution < -0.4 is 0 Å². The number of hydrogen-bond donors (Lipinski definition) is 0. The van der Waals surface area contributed by atoms with Crippen LogP contribution in [0.1, 0.15) is 12.0 Å². The number of nitrogens with zero attached hydrogens (tertiary/aromatic N) is 1. The quantitative estimate of drug-likeness (QED) is 0.744. The Kier molecular flexibility index (Phi) is 5.25. The molecule has 0 bridgehead atoms. The van der Waals surface area contributed by atoms with Crippen LogP contribution in [0.4, 0.5) is 4.39 Å². The van der Waals surface area contributed by atoms with E-state index in [0.29, 0.717) is 25.1 Å². The fraction of sp³-hybridized carbons (Fsp3) is 0.500. The summed E-state index contributed by atoms with van der Waals surface area (Å²) in [6, 6.07) is 3.67. The molecular formula is C12H18FNO3S. The van der Waals surface area contributed by atoms with E-state index in [1.165, 1.54) is 23.5 Å². The number of ether oxygens (including phenoxy) is 1. The fourth-order valence-corrected chi connectivity index (χ4v) is 3.03. The molecule has 4 nitrogen and oxygen atoms in total. The van der Waals surface area contributed by atoms with Crippen LogP contribution in [0.15, 0.2) is 23.1 Å². The molecule has 1 aromatic carbocycles. The highest BCUT2D eigenvalue weighted by molar-refractivity contribution is 7.89. The van der Waals surface area contributed by atoms with Gasteiger partial charge in [0.1, 0.15) is 5.82 Å². The summed E-state index contributed by atoms with van der Waals surface area (Å²) in [6.45, 7) is 2.45. The van der Waals surface area contributed by atoms with Crippen molar-refractivity contribution >= 4 is 10.0 Å². The average molecular weight is 275 g/mol. The lowest BCUT2D eigenvalue weighted by molar-refractivity contribution is 0.189. The average Bonchev–Trinajstić information content (AvgIpc) is 2.28. The number of benzene rings is 1. The van der Waals surface area contributed by atoms with E-state index in [2.05, 4.69) is 0 Å². The van der Waals surface area contributed by atoms with Crippen molar-refractivity contribution in [3.63, 3.8) is 0 Å². The van der Waals surface area contributed by atoms with E-state index in [1.54, 1.807) is 14.0 Å². The van der Waals surface area contributed by atoms with Crippen LogP contribution in [0.25, 0.3) is 0 Å². The predicted molar refractivity (Wildman–Crippen MR) is 67.4 cm³/mol. The Labute approximate surface area is 107 Å². The van der Waals surface area contributed by atoms with Crippen molar-refractivity contribution in [3.8, 4) is 0 Å². The highest BCUT2D eigenvalue weighted by Crippen LogP contribution is 2.19. The van der Waals surface area contributed by atoms with E-state index in [9.17, 15) is 12.8 Å². The molecule has 0 saturated heterocycles. The van der Waals surface area contributed by atoms with E-state index in [-0.39, 0.29) is 4.90 Å². The summed E-state index contributed by atoms with van der Waals surface area (Å²) in [7, 11) is -0.480. The normalized spacial score (nSPS) is 12.1. The Bertz CT molecular complexity index is 502. The standard InChI is InChI=1S/C12H18FNO3S/c1-10-9-11(13)5-6-12(10)18(15,16)14(2)7-4-8-17-3/h5-6,9H,4,7-8H2,1-3H3. The summed E-state index contributed by atoms with van der Waals surface area (Å²) >= 11 is 0. The van der Waals surface area contributed by atoms with Gasteiger partial charge >= 0.3 is 0 Å². The Hall–Kier alpha value is -0.980. The monoisotopic (exact) mass is 275 g/mol. The fourth-order valence-electron chi connectivity index (χ4n) is 1.62. The number of methoxy groups -OCH3 is 1. The molecule has 1 rings (SSSR count). The number of sulfonamides is 1. The zero-order valence-corrected chi connectivity index (χ0v) is 11.6. The molecule has 0 saturated carbocycles. The topological polar surface area (TPSA) is 46.6 Å². The molecule has 0 aliphatic rings. The Morgan fingerprint density at radius 1 is 1.39 bits per heavy atom. The molecular weight excluding hydrogens is 257 g/mol. The number of hydrogen-bond acceptors (Lipinski definition) is 3. The van der Waals surface area contributed by atoms with Crippen molar-refractivity contribution in [1.82, 2.24) is 4.31 Å². The van der Waals surface area contributed by atoms with Crippen molar-refractivity contribution in [2.75, 3.05) is 27.3 Å². The molecule has 0 fully saturated rings. The van der Waals surface area contributed by atoms with E-state index < -0.39 is 15.8 Å². The van der Waals surface area contributed by atoms with Crippen LogP contribution in [0.3, 0.4) is 0 Å². The lowest BCUT2D eigenvalue weighted by Gasteiger charge is -2.18. The van der Waals surface area contributed by atoms with Crippen molar-refractivity contribution in [2.45, 2.75) is 18.2 Å². The van der Waals surface area contributed by atoms with E-state index in [0.717, 1.165) is 6.07 Å². The molecule has 0 spiro atoms. The molecule has 1 aromatic rings. The van der Waals surface area contributed by atoms with Gasteiger partial charge in [-0.05, 0) is 37.1 Å². The van der Waals surface area contributed by atoms with Crippen LogP contribution in [-0.2, 0) is 14.8 Å². The van der Waals surface area contributed by atoms with Gasteiger partial charge in [0.2, 0.25) is 10.0 Å². The van der Waals surface area contributed by atoms with Gasteiger partial charge in [0.15, 0.2) is 0 Å². The Balaban J connectivity index is 2.91. The van der Waals surface area contributed by atoms with Gasteiger partial charge in [-0.2, -0.15) is 0 Å². The van der Waals surface area contributed by atoms with E-state index >= 15 is 0 Å². The second-order valence-electron chi connectivity index (χ2n) is 4.08. The number of aryl methyl sites for hydroxylation is 1. The smallest absolute Gasteiger partial charge is 0.243 e. The molecule has 6 heteroatoms. The molecule has 0 heterocycles. The van der Waals surface area contributed by atoms with Crippen LogP contribution in [0.2, 0.25) is 0 Å². The molecule has 18 heavy (non-hydrogen) atoms. The zero-order valence-electron chi connectivity index (χ0n) is 10.8. The first-order chi connectivity index (χ1) is 8.39. The van der Waals surface area contributed by atoms with Crippen molar-refractivity contribution in [1.29, 1.82) is 0 Å². The maximum absolute atomic E-state index is 13.0. The van der Waals surface area contributed by atoms with Gasteiger partial charge in [0.25, 0.3) is 0 Å². The largest absolute Gasteiger partial charge is 0.385 e. The van der Waals surface area contributed by atoms with E-state index in [4.69, 9.17) is 4.74 Å². The lowest BCUT2D eigenvalue weighted by atomic mass is 10.2. The summed E-state index contributed by atoms with van der Waals surface area (Å²) in [5, 5.41) is 0. The Morgan fingerprint density at radius 3 is 2.61 bits per heavy atom. The van der Waals surface area contributed by atoms with E-state index in [1.807, 2.05) is 0 Å². The van der Waals surface area contributed by atoms with Gasteiger partial charge in [-0.1, -0.05) is 0 Å². The summed E-state index contributed by atoms with van der Waals surface area (Å²) in [5.41, 5.74) is 0.411. The van der Waals surface area contributed by atoms with Crippen molar-refractivity contribution in [3.05, 3.63) is 29.6 Å². The van der Waals surface area contributed by atoms with Crippen molar-refractivity contribution in [2.24, 2.45) is 0 Å². The van der Waals surface area contributed by atoms with Crippen molar-refractivity contribution < 1.29 is 17.5 Å². The second-order valence-corrected chi connectivity index (χ2v) is 6.10. The van der Waals surface area contributed by atoms with Crippen LogP contribution in [0.5, 0.6) is 0 Å². The minimum Gasteiger partial charge on any atom is -0.385 e. The van der Waals surface area contributed by atoms with Gasteiger partial charge in [-0.25, -0.2) is 17.1 Å². The molecule has 102 valence electrons. The summed E-state index contributed by atoms with van der Waals surface area (Å²) in [5.74, 6) is -0.437.